The van der Waals surface area contributed by atoms with Crippen molar-refractivity contribution in [2.45, 2.75) is 20.8 Å². The van der Waals surface area contributed by atoms with E-state index in [1.54, 1.807) is 16.2 Å². The second kappa shape index (κ2) is 6.58. The summed E-state index contributed by atoms with van der Waals surface area (Å²) in [6.07, 6.45) is 0. The molecule has 0 bridgehead atoms. The van der Waals surface area contributed by atoms with Crippen molar-refractivity contribution in [3.63, 3.8) is 0 Å². The predicted octanol–water partition coefficient (Wildman–Crippen LogP) is 3.18. The fourth-order valence-corrected chi connectivity index (χ4v) is 2.93. The minimum Gasteiger partial charge on any atom is -0.341 e. The van der Waals surface area contributed by atoms with Gasteiger partial charge in [0.2, 0.25) is 0 Å². The summed E-state index contributed by atoms with van der Waals surface area (Å²) in [7, 11) is 1.82. The van der Waals surface area contributed by atoms with Gasteiger partial charge in [-0.1, -0.05) is 26.0 Å². The zero-order chi connectivity index (χ0) is 16.3. The summed E-state index contributed by atoms with van der Waals surface area (Å²) < 4.78 is 0. The van der Waals surface area contributed by atoms with Crippen LogP contribution in [0.5, 0.6) is 0 Å². The Labute approximate surface area is 136 Å². The van der Waals surface area contributed by atoms with Gasteiger partial charge in [-0.3, -0.25) is 4.79 Å². The minimum absolute atomic E-state index is 0.00956. The number of hydrogen-bond acceptors (Lipinski definition) is 4. The molecular formula is C17H23N3OS. The maximum atomic E-state index is 12.6. The van der Waals surface area contributed by atoms with Crippen LogP contribution in [-0.4, -0.2) is 35.9 Å². The monoisotopic (exact) mass is 317 g/mol. The molecule has 0 aliphatic carbocycles. The number of nitrogens with zero attached hydrogens (tertiary/aromatic N) is 2. The first-order chi connectivity index (χ1) is 10.3. The molecule has 0 saturated carbocycles. The average Bonchev–Trinajstić information content (AvgIpc) is 2.93. The Balaban J connectivity index is 2.20. The van der Waals surface area contributed by atoms with Gasteiger partial charge >= 0.3 is 0 Å². The lowest BCUT2D eigenvalue weighted by molar-refractivity contribution is 0.0740. The molecule has 118 valence electrons. The van der Waals surface area contributed by atoms with Crippen LogP contribution in [0, 0.1) is 12.3 Å². The van der Waals surface area contributed by atoms with Gasteiger partial charge in [0.15, 0.2) is 0 Å². The van der Waals surface area contributed by atoms with Crippen molar-refractivity contribution >= 4 is 17.2 Å². The van der Waals surface area contributed by atoms with Crippen LogP contribution in [-0.2, 0) is 0 Å². The number of benzene rings is 1. The maximum absolute atomic E-state index is 12.6. The summed E-state index contributed by atoms with van der Waals surface area (Å²) in [5.41, 5.74) is 8.23. The van der Waals surface area contributed by atoms with Gasteiger partial charge in [-0.05, 0) is 31.0 Å². The first-order valence-electron chi connectivity index (χ1n) is 7.30. The third-order valence-corrected chi connectivity index (χ3v) is 4.36. The highest BCUT2D eigenvalue weighted by molar-refractivity contribution is 7.09. The third-order valence-electron chi connectivity index (χ3n) is 3.59. The Morgan fingerprint density at radius 2 is 2.14 bits per heavy atom. The van der Waals surface area contributed by atoms with E-state index in [-0.39, 0.29) is 11.3 Å². The van der Waals surface area contributed by atoms with Crippen LogP contribution in [0.4, 0.5) is 0 Å². The van der Waals surface area contributed by atoms with E-state index in [0.29, 0.717) is 18.7 Å². The molecule has 0 spiro atoms. The number of rotatable bonds is 5. The van der Waals surface area contributed by atoms with Crippen molar-refractivity contribution in [1.82, 2.24) is 9.88 Å². The van der Waals surface area contributed by atoms with Gasteiger partial charge in [0, 0.05) is 30.1 Å². The summed E-state index contributed by atoms with van der Waals surface area (Å²) in [5, 5.41) is 3.04. The predicted molar refractivity (Wildman–Crippen MR) is 92.1 cm³/mol. The molecular weight excluding hydrogens is 294 g/mol. The summed E-state index contributed by atoms with van der Waals surface area (Å²) in [4.78, 5) is 18.8. The first kappa shape index (κ1) is 16.6. The minimum atomic E-state index is -0.0892. The highest BCUT2D eigenvalue weighted by atomic mass is 32.1. The van der Waals surface area contributed by atoms with Crippen LogP contribution in [0.1, 0.15) is 29.2 Å². The van der Waals surface area contributed by atoms with E-state index in [0.717, 1.165) is 16.3 Å². The lowest BCUT2D eigenvalue weighted by Gasteiger charge is -2.29. The lowest BCUT2D eigenvalue weighted by Crippen LogP contribution is -2.39. The molecule has 2 rings (SSSR count). The van der Waals surface area contributed by atoms with E-state index >= 15 is 0 Å². The molecule has 0 fully saturated rings. The summed E-state index contributed by atoms with van der Waals surface area (Å²) in [5.74, 6) is 0.00956. The molecule has 0 unspecified atom stereocenters. The van der Waals surface area contributed by atoms with E-state index in [1.807, 2.05) is 43.6 Å². The van der Waals surface area contributed by atoms with E-state index < -0.39 is 0 Å². The molecule has 0 atom stereocenters. The van der Waals surface area contributed by atoms with Gasteiger partial charge < -0.3 is 10.6 Å². The summed E-state index contributed by atoms with van der Waals surface area (Å²) >= 11 is 1.61. The van der Waals surface area contributed by atoms with Crippen molar-refractivity contribution < 1.29 is 4.79 Å². The molecule has 5 heteroatoms. The van der Waals surface area contributed by atoms with Crippen LogP contribution in [0.15, 0.2) is 29.6 Å². The van der Waals surface area contributed by atoms with E-state index in [9.17, 15) is 4.79 Å². The lowest BCUT2D eigenvalue weighted by atomic mass is 9.93. The third kappa shape index (κ3) is 3.93. The number of aromatic nitrogens is 1. The van der Waals surface area contributed by atoms with Crippen LogP contribution < -0.4 is 5.73 Å². The van der Waals surface area contributed by atoms with E-state index in [4.69, 9.17) is 5.73 Å². The van der Waals surface area contributed by atoms with Crippen molar-refractivity contribution in [2.24, 2.45) is 11.1 Å². The molecule has 1 aromatic heterocycles. The first-order valence-corrected chi connectivity index (χ1v) is 8.18. The van der Waals surface area contributed by atoms with Crippen molar-refractivity contribution in [3.8, 4) is 11.3 Å². The average molecular weight is 317 g/mol. The summed E-state index contributed by atoms with van der Waals surface area (Å²) in [6, 6.07) is 7.63. The molecule has 1 aromatic carbocycles. The van der Waals surface area contributed by atoms with Crippen LogP contribution >= 0.6 is 11.3 Å². The molecule has 1 amide bonds. The number of aryl methyl sites for hydroxylation is 1. The normalized spacial score (nSPS) is 11.5. The molecule has 4 nitrogen and oxygen atoms in total. The molecule has 0 saturated heterocycles. The van der Waals surface area contributed by atoms with Crippen LogP contribution in [0.3, 0.4) is 0 Å². The molecule has 0 radical (unpaired) electrons. The van der Waals surface area contributed by atoms with Crippen molar-refractivity contribution in [2.75, 3.05) is 20.1 Å². The number of thiazole rings is 1. The topological polar surface area (TPSA) is 59.2 Å². The van der Waals surface area contributed by atoms with Gasteiger partial charge in [-0.2, -0.15) is 0 Å². The number of hydrogen-bond donors (Lipinski definition) is 1. The second-order valence-electron chi connectivity index (χ2n) is 6.36. The molecule has 22 heavy (non-hydrogen) atoms. The number of amides is 1. The fraction of sp³-hybridized carbons (Fsp3) is 0.412. The molecule has 1 heterocycles. The quantitative estimate of drug-likeness (QED) is 0.921. The van der Waals surface area contributed by atoms with E-state index in [2.05, 4.69) is 18.8 Å². The standard InChI is InChI=1S/C17H23N3OS/c1-12-19-15(9-22-12)13-6-5-7-14(8-13)16(21)20(4)11-17(2,3)10-18/h5-9H,10-11,18H2,1-4H3. The SMILES string of the molecule is Cc1nc(-c2cccc(C(=O)N(C)CC(C)(C)CN)c2)cs1. The fourth-order valence-electron chi connectivity index (χ4n) is 2.31. The highest BCUT2D eigenvalue weighted by Gasteiger charge is 2.22. The van der Waals surface area contributed by atoms with Crippen LogP contribution in [0.25, 0.3) is 11.3 Å². The zero-order valence-electron chi connectivity index (χ0n) is 13.6. The molecule has 2 aromatic rings. The number of nitrogens with two attached hydrogens (primary N) is 1. The Morgan fingerprint density at radius 3 is 2.73 bits per heavy atom. The maximum Gasteiger partial charge on any atom is 0.253 e. The van der Waals surface area contributed by atoms with Crippen molar-refractivity contribution in [3.05, 3.63) is 40.2 Å². The largest absolute Gasteiger partial charge is 0.341 e. The Hall–Kier alpha value is -1.72. The second-order valence-corrected chi connectivity index (χ2v) is 7.42. The van der Waals surface area contributed by atoms with Gasteiger partial charge in [-0.15, -0.1) is 11.3 Å². The molecule has 2 N–H and O–H groups in total. The van der Waals surface area contributed by atoms with Gasteiger partial charge in [-0.25, -0.2) is 4.98 Å². The zero-order valence-corrected chi connectivity index (χ0v) is 14.4. The number of carbonyl (C=O) groups is 1. The van der Waals surface area contributed by atoms with Gasteiger partial charge in [0.25, 0.3) is 5.91 Å². The van der Waals surface area contributed by atoms with Crippen LogP contribution in [0.2, 0.25) is 0 Å². The number of carbonyl (C=O) groups excluding carboxylic acids is 1. The summed E-state index contributed by atoms with van der Waals surface area (Å²) in [6.45, 7) is 7.27. The Morgan fingerprint density at radius 1 is 1.41 bits per heavy atom. The smallest absolute Gasteiger partial charge is 0.253 e. The Kier molecular flexibility index (Phi) is 4.98. The Bertz CT molecular complexity index is 663. The molecule has 0 aliphatic rings. The van der Waals surface area contributed by atoms with E-state index in [1.165, 1.54) is 0 Å². The van der Waals surface area contributed by atoms with Gasteiger partial charge in [0.1, 0.15) is 0 Å². The molecule has 0 aliphatic heterocycles. The van der Waals surface area contributed by atoms with Gasteiger partial charge in [0.05, 0.1) is 10.7 Å². The van der Waals surface area contributed by atoms with Crippen molar-refractivity contribution in [1.29, 1.82) is 0 Å². The highest BCUT2D eigenvalue weighted by Crippen LogP contribution is 2.23.